The highest BCUT2D eigenvalue weighted by molar-refractivity contribution is 5.34. The Labute approximate surface area is 111 Å². The Hall–Kier alpha value is -1.65. The van der Waals surface area contributed by atoms with Gasteiger partial charge in [-0.05, 0) is 12.8 Å². The van der Waals surface area contributed by atoms with Crippen LogP contribution in [0.15, 0.2) is 0 Å². The number of rotatable bonds is 2. The van der Waals surface area contributed by atoms with Crippen LogP contribution in [0, 0.1) is 11.8 Å². The molecule has 0 N–H and O–H groups in total. The monoisotopic (exact) mass is 298 g/mol. The molecule has 1 aromatic rings. The maximum absolute atomic E-state index is 12.9. The maximum Gasteiger partial charge on any atom is 0.435 e. The van der Waals surface area contributed by atoms with Gasteiger partial charge in [-0.25, -0.2) is 0 Å². The van der Waals surface area contributed by atoms with Crippen LogP contribution in [0.3, 0.4) is 0 Å². The van der Waals surface area contributed by atoms with E-state index in [1.165, 1.54) is 13.8 Å². The Kier molecular flexibility index (Phi) is 4.42. The van der Waals surface area contributed by atoms with E-state index in [4.69, 9.17) is 0 Å². The SMILES string of the molecule is CC#CCC(C)c1c(C(F)(F)F)nn(C)c1C(F)(F)F. The fourth-order valence-electron chi connectivity index (χ4n) is 1.91. The van der Waals surface area contributed by atoms with Gasteiger partial charge in [0.2, 0.25) is 0 Å². The summed E-state index contributed by atoms with van der Waals surface area (Å²) in [6, 6.07) is 0. The molecule has 0 radical (unpaired) electrons. The first-order chi connectivity index (χ1) is 9.00. The van der Waals surface area contributed by atoms with Crippen molar-refractivity contribution < 1.29 is 26.3 Å². The molecule has 0 saturated carbocycles. The molecule has 0 aliphatic heterocycles. The topological polar surface area (TPSA) is 17.8 Å². The third-order valence-corrected chi connectivity index (χ3v) is 2.70. The number of hydrogen-bond donors (Lipinski definition) is 0. The third-order valence-electron chi connectivity index (χ3n) is 2.70. The van der Waals surface area contributed by atoms with E-state index in [0.717, 1.165) is 7.05 Å². The van der Waals surface area contributed by atoms with Gasteiger partial charge in [0, 0.05) is 19.0 Å². The molecule has 1 atom stereocenters. The summed E-state index contributed by atoms with van der Waals surface area (Å²) in [6.45, 7) is 2.73. The minimum atomic E-state index is -4.94. The van der Waals surface area contributed by atoms with Gasteiger partial charge in [0.05, 0.1) is 0 Å². The second kappa shape index (κ2) is 5.38. The lowest BCUT2D eigenvalue weighted by Crippen LogP contribution is -2.16. The quantitative estimate of drug-likeness (QED) is 0.596. The summed E-state index contributed by atoms with van der Waals surface area (Å²) in [4.78, 5) is 0. The van der Waals surface area contributed by atoms with Gasteiger partial charge in [0.25, 0.3) is 0 Å². The van der Waals surface area contributed by atoms with E-state index < -0.39 is 35.2 Å². The summed E-state index contributed by atoms with van der Waals surface area (Å²) >= 11 is 0. The molecule has 112 valence electrons. The van der Waals surface area contributed by atoms with Gasteiger partial charge in [-0.2, -0.15) is 31.4 Å². The van der Waals surface area contributed by atoms with Crippen LogP contribution in [-0.2, 0) is 19.4 Å². The number of hydrogen-bond acceptors (Lipinski definition) is 1. The van der Waals surface area contributed by atoms with E-state index in [1.54, 1.807) is 0 Å². The first-order valence-electron chi connectivity index (χ1n) is 5.61. The molecule has 0 amide bonds. The Bertz CT molecular complexity index is 541. The van der Waals surface area contributed by atoms with Crippen molar-refractivity contribution in [1.82, 2.24) is 9.78 Å². The standard InChI is InChI=1S/C12H12F6N2/c1-4-5-6-7(2)8-9(11(13,14)15)19-20(3)10(8)12(16,17)18/h7H,6H2,1-3H3. The third kappa shape index (κ3) is 3.26. The molecular formula is C12H12F6N2. The van der Waals surface area contributed by atoms with Gasteiger partial charge in [-0.15, -0.1) is 11.8 Å². The van der Waals surface area contributed by atoms with E-state index in [2.05, 4.69) is 16.9 Å². The molecule has 1 heterocycles. The highest BCUT2D eigenvalue weighted by atomic mass is 19.4. The Balaban J connectivity index is 3.52. The largest absolute Gasteiger partial charge is 0.435 e. The van der Waals surface area contributed by atoms with Crippen molar-refractivity contribution in [1.29, 1.82) is 0 Å². The molecule has 0 spiro atoms. The summed E-state index contributed by atoms with van der Waals surface area (Å²) in [7, 11) is 0.847. The van der Waals surface area contributed by atoms with E-state index >= 15 is 0 Å². The lowest BCUT2D eigenvalue weighted by atomic mass is 9.95. The van der Waals surface area contributed by atoms with Gasteiger partial charge >= 0.3 is 12.4 Å². The molecule has 0 aromatic carbocycles. The molecule has 1 rings (SSSR count). The number of alkyl halides is 6. The predicted molar refractivity (Wildman–Crippen MR) is 59.7 cm³/mol. The van der Waals surface area contributed by atoms with E-state index in [9.17, 15) is 26.3 Å². The molecule has 0 saturated heterocycles. The van der Waals surface area contributed by atoms with Crippen molar-refractivity contribution in [2.45, 2.75) is 38.5 Å². The molecule has 0 fully saturated rings. The molecule has 2 nitrogen and oxygen atoms in total. The molecule has 20 heavy (non-hydrogen) atoms. The van der Waals surface area contributed by atoms with Crippen molar-refractivity contribution in [2.75, 3.05) is 0 Å². The highest BCUT2D eigenvalue weighted by Crippen LogP contribution is 2.42. The van der Waals surface area contributed by atoms with Crippen LogP contribution in [0.4, 0.5) is 26.3 Å². The Morgan fingerprint density at radius 2 is 1.70 bits per heavy atom. The zero-order valence-corrected chi connectivity index (χ0v) is 10.9. The van der Waals surface area contributed by atoms with E-state index in [0.29, 0.717) is 0 Å². The number of halogens is 6. The average Bonchev–Trinajstić information content (AvgIpc) is 2.63. The first kappa shape index (κ1) is 16.4. The van der Waals surface area contributed by atoms with Gasteiger partial charge in [0.15, 0.2) is 5.69 Å². The predicted octanol–water partition coefficient (Wildman–Crippen LogP) is 3.97. The van der Waals surface area contributed by atoms with Gasteiger partial charge in [0.1, 0.15) is 5.69 Å². The van der Waals surface area contributed by atoms with Crippen LogP contribution in [0.1, 0.15) is 43.1 Å². The summed E-state index contributed by atoms with van der Waals surface area (Å²) in [5.41, 5.74) is -3.73. The first-order valence-corrected chi connectivity index (χ1v) is 5.61. The number of nitrogens with zero attached hydrogens (tertiary/aromatic N) is 2. The van der Waals surface area contributed by atoms with Gasteiger partial charge in [-0.3, -0.25) is 4.68 Å². The van der Waals surface area contributed by atoms with E-state index in [1.807, 2.05) is 0 Å². The minimum Gasteiger partial charge on any atom is -0.263 e. The summed E-state index contributed by atoms with van der Waals surface area (Å²) in [6.07, 6.45) is -9.95. The summed E-state index contributed by atoms with van der Waals surface area (Å²) in [5, 5.41) is 3.00. The smallest absolute Gasteiger partial charge is 0.263 e. The molecule has 0 bridgehead atoms. The zero-order chi connectivity index (χ0) is 15.7. The average molecular weight is 298 g/mol. The van der Waals surface area contributed by atoms with Crippen LogP contribution in [0.2, 0.25) is 0 Å². The van der Waals surface area contributed by atoms with Crippen LogP contribution < -0.4 is 0 Å². The fraction of sp³-hybridized carbons (Fsp3) is 0.583. The van der Waals surface area contributed by atoms with Crippen LogP contribution in [-0.4, -0.2) is 9.78 Å². The van der Waals surface area contributed by atoms with Crippen LogP contribution >= 0.6 is 0 Å². The molecule has 0 aliphatic carbocycles. The number of aryl methyl sites for hydroxylation is 1. The second-order valence-electron chi connectivity index (χ2n) is 4.26. The van der Waals surface area contributed by atoms with Crippen molar-refractivity contribution in [3.63, 3.8) is 0 Å². The fourth-order valence-corrected chi connectivity index (χ4v) is 1.91. The van der Waals surface area contributed by atoms with Crippen molar-refractivity contribution in [3.05, 3.63) is 17.0 Å². The van der Waals surface area contributed by atoms with Gasteiger partial charge in [-0.1, -0.05) is 6.92 Å². The lowest BCUT2D eigenvalue weighted by molar-refractivity contribution is -0.145. The summed E-state index contributed by atoms with van der Waals surface area (Å²) in [5.74, 6) is 3.92. The zero-order valence-electron chi connectivity index (χ0n) is 10.9. The second-order valence-corrected chi connectivity index (χ2v) is 4.26. The molecular weight excluding hydrogens is 286 g/mol. The molecule has 0 aliphatic rings. The Morgan fingerprint density at radius 1 is 1.15 bits per heavy atom. The van der Waals surface area contributed by atoms with Crippen molar-refractivity contribution in [3.8, 4) is 11.8 Å². The highest BCUT2D eigenvalue weighted by Gasteiger charge is 2.46. The molecule has 8 heteroatoms. The summed E-state index contributed by atoms with van der Waals surface area (Å²) < 4.78 is 77.5. The van der Waals surface area contributed by atoms with Crippen LogP contribution in [0.25, 0.3) is 0 Å². The normalized spacial score (nSPS) is 13.8. The van der Waals surface area contributed by atoms with Crippen LogP contribution in [0.5, 0.6) is 0 Å². The van der Waals surface area contributed by atoms with Gasteiger partial charge < -0.3 is 0 Å². The van der Waals surface area contributed by atoms with Crippen molar-refractivity contribution >= 4 is 0 Å². The lowest BCUT2D eigenvalue weighted by Gasteiger charge is -2.15. The number of aromatic nitrogens is 2. The van der Waals surface area contributed by atoms with Crippen molar-refractivity contribution in [2.24, 2.45) is 7.05 Å². The maximum atomic E-state index is 12.9. The molecule has 1 aromatic heterocycles. The Morgan fingerprint density at radius 3 is 2.10 bits per heavy atom. The molecule has 1 unspecified atom stereocenters. The van der Waals surface area contributed by atoms with E-state index in [-0.39, 0.29) is 11.1 Å². The minimum absolute atomic E-state index is 0.103.